The van der Waals surface area contributed by atoms with Gasteiger partial charge < -0.3 is 10.3 Å². The van der Waals surface area contributed by atoms with Crippen LogP contribution in [-0.2, 0) is 6.42 Å². The quantitative estimate of drug-likeness (QED) is 0.671. The molecule has 0 aromatic carbocycles. The van der Waals surface area contributed by atoms with E-state index >= 15 is 0 Å². The number of nitrogens with two attached hydrogens (primary N) is 1. The van der Waals surface area contributed by atoms with Crippen molar-refractivity contribution in [2.45, 2.75) is 39.0 Å². The Morgan fingerprint density at radius 1 is 1.38 bits per heavy atom. The maximum atomic E-state index is 5.56. The average Bonchev–Trinajstić information content (AvgIpc) is 2.43. The third-order valence-corrected chi connectivity index (χ3v) is 3.14. The number of halogens is 1. The molecule has 0 fully saturated rings. The third-order valence-electron chi connectivity index (χ3n) is 1.98. The second kappa shape index (κ2) is 5.47. The van der Waals surface area contributed by atoms with Crippen LogP contribution < -0.4 is 5.73 Å². The molecule has 1 aromatic rings. The van der Waals surface area contributed by atoms with E-state index in [9.17, 15) is 0 Å². The molecule has 4 heteroatoms. The van der Waals surface area contributed by atoms with Crippen LogP contribution in [0.3, 0.4) is 0 Å². The van der Waals surface area contributed by atoms with E-state index in [1.165, 1.54) is 25.7 Å². The number of unbranched alkanes of at least 4 members (excludes halogenated alkanes) is 3. The minimum Gasteiger partial charge on any atom is -0.380 e. The van der Waals surface area contributed by atoms with Gasteiger partial charge >= 0.3 is 0 Å². The second-order valence-corrected chi connectivity index (χ2v) is 4.19. The van der Waals surface area contributed by atoms with Gasteiger partial charge in [0.2, 0.25) is 0 Å². The average molecular weight is 294 g/mol. The highest BCUT2D eigenvalue weighted by molar-refractivity contribution is 14.1. The molecule has 74 valence electrons. The van der Waals surface area contributed by atoms with Gasteiger partial charge in [-0.3, -0.25) is 0 Å². The fourth-order valence-corrected chi connectivity index (χ4v) is 1.66. The van der Waals surface area contributed by atoms with Crippen LogP contribution in [-0.4, -0.2) is 5.16 Å². The van der Waals surface area contributed by atoms with E-state index in [4.69, 9.17) is 10.3 Å². The largest absolute Gasteiger partial charge is 0.380 e. The lowest BCUT2D eigenvalue weighted by Crippen LogP contribution is -1.89. The molecule has 0 spiro atoms. The molecule has 0 atom stereocenters. The van der Waals surface area contributed by atoms with Crippen LogP contribution in [0.2, 0.25) is 0 Å². The lowest BCUT2D eigenvalue weighted by atomic mass is 10.1. The lowest BCUT2D eigenvalue weighted by molar-refractivity contribution is 0.380. The number of anilines is 1. The van der Waals surface area contributed by atoms with Gasteiger partial charge in [-0.1, -0.05) is 31.3 Å². The number of nitrogen functional groups attached to an aromatic ring is 1. The Hall–Kier alpha value is -0.260. The van der Waals surface area contributed by atoms with E-state index in [2.05, 4.69) is 34.7 Å². The summed E-state index contributed by atoms with van der Waals surface area (Å²) in [4.78, 5) is 0. The van der Waals surface area contributed by atoms with Crippen molar-refractivity contribution in [3.63, 3.8) is 0 Å². The molecule has 0 unspecified atom stereocenters. The zero-order valence-corrected chi connectivity index (χ0v) is 10.0. The Balaban J connectivity index is 2.32. The summed E-state index contributed by atoms with van der Waals surface area (Å²) in [7, 11) is 0. The molecule has 0 saturated heterocycles. The Morgan fingerprint density at radius 3 is 2.69 bits per heavy atom. The Bertz CT molecular complexity index is 260. The number of aromatic nitrogens is 1. The smallest absolute Gasteiger partial charge is 0.180 e. The fourth-order valence-electron chi connectivity index (χ4n) is 1.19. The summed E-state index contributed by atoms with van der Waals surface area (Å²) in [5.41, 5.74) is 5.56. The van der Waals surface area contributed by atoms with Crippen LogP contribution in [0, 0.1) is 3.57 Å². The maximum Gasteiger partial charge on any atom is 0.180 e. The molecule has 0 aliphatic heterocycles. The van der Waals surface area contributed by atoms with Crippen molar-refractivity contribution in [1.29, 1.82) is 0 Å². The van der Waals surface area contributed by atoms with Gasteiger partial charge in [-0.25, -0.2) is 0 Å². The number of rotatable bonds is 5. The summed E-state index contributed by atoms with van der Waals surface area (Å²) in [5.74, 6) is 1.46. The fraction of sp³-hybridized carbons (Fsp3) is 0.667. The van der Waals surface area contributed by atoms with Crippen molar-refractivity contribution in [1.82, 2.24) is 5.16 Å². The van der Waals surface area contributed by atoms with Gasteiger partial charge in [0.1, 0.15) is 0 Å². The summed E-state index contributed by atoms with van der Waals surface area (Å²) in [6.45, 7) is 2.20. The summed E-state index contributed by atoms with van der Waals surface area (Å²) in [5, 5.41) is 3.71. The van der Waals surface area contributed by atoms with Crippen molar-refractivity contribution in [2.75, 3.05) is 5.73 Å². The molecular formula is C9H15IN2O. The standard InChI is InChI=1S/C9H15IN2O/c1-2-3-4-5-6-7-8(10)9(11)12-13-7/h2-6H2,1H3,(H2,11,12). The van der Waals surface area contributed by atoms with Gasteiger partial charge in [0, 0.05) is 6.42 Å². The van der Waals surface area contributed by atoms with E-state index in [0.717, 1.165) is 15.8 Å². The molecule has 0 aliphatic carbocycles. The van der Waals surface area contributed by atoms with Crippen molar-refractivity contribution >= 4 is 28.4 Å². The lowest BCUT2D eigenvalue weighted by Gasteiger charge is -1.96. The van der Waals surface area contributed by atoms with E-state index in [1.807, 2.05) is 0 Å². The van der Waals surface area contributed by atoms with Crippen molar-refractivity contribution < 1.29 is 4.52 Å². The molecule has 13 heavy (non-hydrogen) atoms. The molecule has 2 N–H and O–H groups in total. The van der Waals surface area contributed by atoms with Gasteiger partial charge in [-0.15, -0.1) is 0 Å². The number of aryl methyl sites for hydroxylation is 1. The Kier molecular flexibility index (Phi) is 4.55. The number of nitrogens with zero attached hydrogens (tertiary/aromatic N) is 1. The molecule has 1 heterocycles. The second-order valence-electron chi connectivity index (χ2n) is 3.12. The molecular weight excluding hydrogens is 279 g/mol. The zero-order chi connectivity index (χ0) is 9.68. The Morgan fingerprint density at radius 2 is 2.15 bits per heavy atom. The minimum atomic E-state index is 0.520. The predicted octanol–water partition coefficient (Wildman–Crippen LogP) is 2.98. The topological polar surface area (TPSA) is 52.0 Å². The molecule has 1 rings (SSSR count). The number of hydrogen-bond acceptors (Lipinski definition) is 3. The van der Waals surface area contributed by atoms with Gasteiger partial charge in [0.05, 0.1) is 3.57 Å². The minimum absolute atomic E-state index is 0.520. The van der Waals surface area contributed by atoms with Crippen LogP contribution in [0.15, 0.2) is 4.52 Å². The highest BCUT2D eigenvalue weighted by Crippen LogP contribution is 2.20. The molecule has 1 aromatic heterocycles. The first-order chi connectivity index (χ1) is 6.25. The molecule has 0 amide bonds. The van der Waals surface area contributed by atoms with E-state index in [1.54, 1.807) is 0 Å². The maximum absolute atomic E-state index is 5.56. The van der Waals surface area contributed by atoms with Crippen LogP contribution in [0.1, 0.15) is 38.4 Å². The van der Waals surface area contributed by atoms with Crippen LogP contribution in [0.4, 0.5) is 5.82 Å². The number of hydrogen-bond donors (Lipinski definition) is 1. The van der Waals surface area contributed by atoms with E-state index in [0.29, 0.717) is 5.82 Å². The SMILES string of the molecule is CCCCCCc1onc(N)c1I. The molecule has 3 nitrogen and oxygen atoms in total. The highest BCUT2D eigenvalue weighted by atomic mass is 127. The van der Waals surface area contributed by atoms with Gasteiger partial charge in [0.15, 0.2) is 11.6 Å². The third kappa shape index (κ3) is 3.17. The van der Waals surface area contributed by atoms with Crippen molar-refractivity contribution in [3.05, 3.63) is 9.33 Å². The molecule has 0 bridgehead atoms. The highest BCUT2D eigenvalue weighted by Gasteiger charge is 2.09. The monoisotopic (exact) mass is 294 g/mol. The van der Waals surface area contributed by atoms with E-state index in [-0.39, 0.29) is 0 Å². The molecule has 0 aliphatic rings. The first-order valence-electron chi connectivity index (χ1n) is 4.65. The van der Waals surface area contributed by atoms with Gasteiger partial charge in [-0.05, 0) is 29.0 Å². The van der Waals surface area contributed by atoms with Crippen molar-refractivity contribution in [3.8, 4) is 0 Å². The predicted molar refractivity (Wildman–Crippen MR) is 61.5 cm³/mol. The molecule has 0 radical (unpaired) electrons. The molecule has 0 saturated carbocycles. The zero-order valence-electron chi connectivity index (χ0n) is 7.85. The first-order valence-corrected chi connectivity index (χ1v) is 5.73. The van der Waals surface area contributed by atoms with Gasteiger partial charge in [0.25, 0.3) is 0 Å². The van der Waals surface area contributed by atoms with Gasteiger partial charge in [-0.2, -0.15) is 0 Å². The summed E-state index contributed by atoms with van der Waals surface area (Å²) in [6, 6.07) is 0. The normalized spacial score (nSPS) is 10.6. The summed E-state index contributed by atoms with van der Waals surface area (Å²) in [6.07, 6.45) is 5.93. The van der Waals surface area contributed by atoms with Crippen molar-refractivity contribution in [2.24, 2.45) is 0 Å². The van der Waals surface area contributed by atoms with E-state index < -0.39 is 0 Å². The first kappa shape index (κ1) is 10.8. The van der Waals surface area contributed by atoms with Crippen LogP contribution >= 0.6 is 22.6 Å². The Labute approximate surface area is 92.2 Å². The van der Waals surface area contributed by atoms with Crippen LogP contribution in [0.5, 0.6) is 0 Å². The van der Waals surface area contributed by atoms with Crippen LogP contribution in [0.25, 0.3) is 0 Å². The summed E-state index contributed by atoms with van der Waals surface area (Å²) < 4.78 is 6.07. The summed E-state index contributed by atoms with van der Waals surface area (Å²) >= 11 is 2.18.